The zero-order chi connectivity index (χ0) is 17.1. The van der Waals surface area contributed by atoms with Gasteiger partial charge in [0.05, 0.1) is 19.6 Å². The number of nitrogens with one attached hydrogen (secondary N) is 2. The van der Waals surface area contributed by atoms with Gasteiger partial charge in [-0.05, 0) is 30.2 Å². The minimum atomic E-state index is -0.966. The molecule has 0 bridgehead atoms. The summed E-state index contributed by atoms with van der Waals surface area (Å²) in [5, 5.41) is 12.9. The third kappa shape index (κ3) is 3.35. The normalized spacial score (nSPS) is 18.1. The molecule has 1 amide bonds. The van der Waals surface area contributed by atoms with Crippen molar-refractivity contribution in [3.05, 3.63) is 30.0 Å². The van der Waals surface area contributed by atoms with Crippen LogP contribution in [0.3, 0.4) is 0 Å². The van der Waals surface area contributed by atoms with Gasteiger partial charge < -0.3 is 25.0 Å². The molecule has 1 atom stereocenters. The second kappa shape index (κ2) is 6.92. The lowest BCUT2D eigenvalue weighted by Gasteiger charge is -2.32. The number of H-pyrrole nitrogens is 1. The summed E-state index contributed by atoms with van der Waals surface area (Å²) in [5.41, 5.74) is 2.14. The number of fused-ring (bicyclic) bond motifs is 1. The third-order valence-electron chi connectivity index (χ3n) is 4.39. The Labute approximate surface area is 139 Å². The van der Waals surface area contributed by atoms with Crippen molar-refractivity contribution in [2.45, 2.75) is 18.9 Å². The molecule has 0 saturated carbocycles. The van der Waals surface area contributed by atoms with Gasteiger partial charge in [0, 0.05) is 36.7 Å². The Balaban J connectivity index is 1.69. The van der Waals surface area contributed by atoms with E-state index in [0.717, 1.165) is 22.2 Å². The average Bonchev–Trinajstić information content (AvgIpc) is 2.97. The standard InChI is InChI=1S/C17H21N3O4/c1-24-12-2-3-14-13(8-12)11(10-19-14)4-6-20-7-5-18-15(17(20)23)9-16(21)22/h2-3,8,10,15,18-19H,4-7,9H2,1H3,(H,21,22). The van der Waals surface area contributed by atoms with Crippen LogP contribution in [-0.2, 0) is 16.0 Å². The molecule has 1 unspecified atom stereocenters. The molecule has 1 aromatic heterocycles. The minimum absolute atomic E-state index is 0.138. The number of nitrogens with zero attached hydrogens (tertiary/aromatic N) is 1. The number of piperazine rings is 1. The summed E-state index contributed by atoms with van der Waals surface area (Å²) in [7, 11) is 1.63. The fourth-order valence-corrected chi connectivity index (χ4v) is 3.09. The van der Waals surface area contributed by atoms with Crippen molar-refractivity contribution in [3.8, 4) is 5.75 Å². The number of methoxy groups -OCH3 is 1. The maximum Gasteiger partial charge on any atom is 0.305 e. The van der Waals surface area contributed by atoms with E-state index < -0.39 is 12.0 Å². The van der Waals surface area contributed by atoms with E-state index in [9.17, 15) is 9.59 Å². The molecule has 0 radical (unpaired) electrons. The van der Waals surface area contributed by atoms with Gasteiger partial charge in [0.2, 0.25) is 5.91 Å². The minimum Gasteiger partial charge on any atom is -0.497 e. The van der Waals surface area contributed by atoms with E-state index in [4.69, 9.17) is 9.84 Å². The number of rotatable bonds is 6. The highest BCUT2D eigenvalue weighted by molar-refractivity contribution is 5.87. The van der Waals surface area contributed by atoms with Gasteiger partial charge in [-0.25, -0.2) is 0 Å². The third-order valence-corrected chi connectivity index (χ3v) is 4.39. The number of carboxylic acids is 1. The van der Waals surface area contributed by atoms with E-state index in [1.807, 2.05) is 24.4 Å². The van der Waals surface area contributed by atoms with E-state index in [1.165, 1.54) is 0 Å². The zero-order valence-electron chi connectivity index (χ0n) is 13.5. The van der Waals surface area contributed by atoms with Crippen molar-refractivity contribution in [2.75, 3.05) is 26.7 Å². The zero-order valence-corrected chi connectivity index (χ0v) is 13.5. The Morgan fingerprint density at radius 2 is 2.29 bits per heavy atom. The molecule has 128 valence electrons. The van der Waals surface area contributed by atoms with E-state index >= 15 is 0 Å². The molecule has 3 N–H and O–H groups in total. The first-order valence-corrected chi connectivity index (χ1v) is 7.96. The molecule has 24 heavy (non-hydrogen) atoms. The van der Waals surface area contributed by atoms with E-state index in [0.29, 0.717) is 26.1 Å². The van der Waals surface area contributed by atoms with Gasteiger partial charge in [0.25, 0.3) is 0 Å². The molecule has 7 heteroatoms. The fourth-order valence-electron chi connectivity index (χ4n) is 3.09. The predicted molar refractivity (Wildman–Crippen MR) is 89.2 cm³/mol. The number of carbonyl (C=O) groups is 2. The van der Waals surface area contributed by atoms with Crippen molar-refractivity contribution in [3.63, 3.8) is 0 Å². The lowest BCUT2D eigenvalue weighted by Crippen LogP contribution is -2.56. The van der Waals surface area contributed by atoms with Crippen LogP contribution in [-0.4, -0.2) is 59.7 Å². The SMILES string of the molecule is COc1ccc2[nH]cc(CCN3CCNC(CC(=O)O)C3=O)c2c1. The quantitative estimate of drug-likeness (QED) is 0.734. The molecule has 7 nitrogen and oxygen atoms in total. The molecule has 0 spiro atoms. The van der Waals surface area contributed by atoms with Gasteiger partial charge in [-0.1, -0.05) is 0 Å². The molecule has 1 aliphatic heterocycles. The molecule has 3 rings (SSSR count). The second-order valence-corrected chi connectivity index (χ2v) is 5.91. The Morgan fingerprint density at radius 3 is 3.04 bits per heavy atom. The number of aliphatic carboxylic acids is 1. The Hall–Kier alpha value is -2.54. The molecule has 1 aliphatic rings. The van der Waals surface area contributed by atoms with Crippen molar-refractivity contribution in [1.29, 1.82) is 0 Å². The van der Waals surface area contributed by atoms with Crippen molar-refractivity contribution >= 4 is 22.8 Å². The highest BCUT2D eigenvalue weighted by Crippen LogP contribution is 2.24. The first kappa shape index (κ1) is 16.3. The smallest absolute Gasteiger partial charge is 0.305 e. The monoisotopic (exact) mass is 331 g/mol. The van der Waals surface area contributed by atoms with Crippen molar-refractivity contribution in [2.24, 2.45) is 0 Å². The van der Waals surface area contributed by atoms with Gasteiger partial charge in [-0.3, -0.25) is 9.59 Å². The summed E-state index contributed by atoms with van der Waals surface area (Å²) in [6, 6.07) is 5.23. The number of aromatic nitrogens is 1. The molecular weight excluding hydrogens is 310 g/mol. The summed E-state index contributed by atoms with van der Waals surface area (Å²) in [5.74, 6) is -0.310. The topological polar surface area (TPSA) is 94.7 Å². The van der Waals surface area contributed by atoms with Crippen LogP contribution in [0.5, 0.6) is 5.75 Å². The lowest BCUT2D eigenvalue weighted by molar-refractivity contribution is -0.144. The maximum atomic E-state index is 12.4. The maximum absolute atomic E-state index is 12.4. The number of ether oxygens (including phenoxy) is 1. The van der Waals surface area contributed by atoms with E-state index in [-0.39, 0.29) is 12.3 Å². The average molecular weight is 331 g/mol. The van der Waals surface area contributed by atoms with Crippen molar-refractivity contribution in [1.82, 2.24) is 15.2 Å². The number of benzene rings is 1. The predicted octanol–water partition coefficient (Wildman–Crippen LogP) is 0.994. The first-order valence-electron chi connectivity index (χ1n) is 7.96. The highest BCUT2D eigenvalue weighted by Gasteiger charge is 2.29. The van der Waals surface area contributed by atoms with Crippen LogP contribution in [0.15, 0.2) is 24.4 Å². The molecule has 0 aliphatic carbocycles. The van der Waals surface area contributed by atoms with Gasteiger partial charge in [-0.2, -0.15) is 0 Å². The Bertz CT molecular complexity index is 755. The van der Waals surface area contributed by atoms with Crippen LogP contribution in [0.25, 0.3) is 10.9 Å². The fraction of sp³-hybridized carbons (Fsp3) is 0.412. The Morgan fingerprint density at radius 1 is 1.46 bits per heavy atom. The van der Waals surface area contributed by atoms with Gasteiger partial charge >= 0.3 is 5.97 Å². The number of aromatic amines is 1. The first-order chi connectivity index (χ1) is 11.6. The van der Waals surface area contributed by atoms with Gasteiger partial charge in [0.15, 0.2) is 0 Å². The summed E-state index contributed by atoms with van der Waals surface area (Å²) >= 11 is 0. The molecule has 2 aromatic rings. The van der Waals surface area contributed by atoms with Crippen LogP contribution in [0.1, 0.15) is 12.0 Å². The number of hydrogen-bond acceptors (Lipinski definition) is 4. The number of amides is 1. The number of carboxylic acid groups (broad SMARTS) is 1. The number of hydrogen-bond donors (Lipinski definition) is 3. The van der Waals surface area contributed by atoms with Gasteiger partial charge in [-0.15, -0.1) is 0 Å². The van der Waals surface area contributed by atoms with Crippen molar-refractivity contribution < 1.29 is 19.4 Å². The lowest BCUT2D eigenvalue weighted by atomic mass is 10.1. The van der Waals surface area contributed by atoms with Crippen LogP contribution >= 0.6 is 0 Å². The summed E-state index contributed by atoms with van der Waals surface area (Å²) in [6.07, 6.45) is 2.48. The van der Waals surface area contributed by atoms with E-state index in [1.54, 1.807) is 12.0 Å². The summed E-state index contributed by atoms with van der Waals surface area (Å²) < 4.78 is 5.27. The van der Waals surface area contributed by atoms with Crippen LogP contribution in [0, 0.1) is 0 Å². The van der Waals surface area contributed by atoms with E-state index in [2.05, 4.69) is 10.3 Å². The highest BCUT2D eigenvalue weighted by atomic mass is 16.5. The second-order valence-electron chi connectivity index (χ2n) is 5.91. The molecule has 1 aromatic carbocycles. The molecular formula is C17H21N3O4. The Kier molecular flexibility index (Phi) is 4.71. The molecule has 2 heterocycles. The number of carbonyl (C=O) groups excluding carboxylic acids is 1. The summed E-state index contributed by atoms with van der Waals surface area (Å²) in [4.78, 5) is 28.2. The molecule has 1 saturated heterocycles. The summed E-state index contributed by atoms with van der Waals surface area (Å²) in [6.45, 7) is 1.78. The van der Waals surface area contributed by atoms with Gasteiger partial charge in [0.1, 0.15) is 5.75 Å². The van der Waals surface area contributed by atoms with Crippen LogP contribution in [0.4, 0.5) is 0 Å². The largest absolute Gasteiger partial charge is 0.497 e. The molecule has 1 fully saturated rings. The van der Waals surface area contributed by atoms with Crippen LogP contribution in [0.2, 0.25) is 0 Å². The van der Waals surface area contributed by atoms with Crippen LogP contribution < -0.4 is 10.1 Å².